The summed E-state index contributed by atoms with van der Waals surface area (Å²) in [7, 11) is 0. The van der Waals surface area contributed by atoms with Gasteiger partial charge in [-0.15, -0.1) is 0 Å². The molecule has 24 aromatic rings. The highest BCUT2D eigenvalue weighted by molar-refractivity contribution is 6.07. The topological polar surface area (TPSA) is 19.4 Å². The SMILES string of the molecule is c1ccc(N(c2ccccc2)c2cc(-c3cccc(N(c4ccccc4)c4cccc5ccccc45)c3)c3ccccc3c2)cc1.c1ccc(N(c2ccccc2)c2ccc(-c3cc4ccccc4cc3-c3ccc(N(c4ccccc4)c4ccccc4)cc3)cc2)cc1.c1ccc(N(c2ccccc2)c2ccc(-c3cccc4c(-c5ccc(N(c6ccccc6)c6ccccc6)cc5)cccc34)cc2)cc1. The van der Waals surface area contributed by atoms with Crippen LogP contribution >= 0.6 is 0 Å². The first-order chi connectivity index (χ1) is 70.5. The van der Waals surface area contributed by atoms with Crippen LogP contribution in [0.1, 0.15) is 0 Å². The maximum absolute atomic E-state index is 2.37. The second-order valence-electron chi connectivity index (χ2n) is 35.1. The third kappa shape index (κ3) is 19.1. The number of anilines is 18. The molecule has 0 aliphatic rings. The van der Waals surface area contributed by atoms with Crippen LogP contribution in [0.5, 0.6) is 0 Å². The number of fused-ring (bicyclic) bond motifs is 4. The average Bonchev–Trinajstić information content (AvgIpc) is 0.761. The van der Waals surface area contributed by atoms with Crippen LogP contribution in [0.25, 0.3) is 98.7 Å². The molecule has 0 spiro atoms. The second-order valence-corrected chi connectivity index (χ2v) is 35.1. The van der Waals surface area contributed by atoms with Crippen LogP contribution in [-0.4, -0.2) is 0 Å². The number of hydrogen-bond acceptors (Lipinski definition) is 6. The molecule has 674 valence electrons. The largest absolute Gasteiger partial charge is 0.311 e. The van der Waals surface area contributed by atoms with Crippen molar-refractivity contribution in [3.63, 3.8) is 0 Å². The van der Waals surface area contributed by atoms with Crippen LogP contribution < -0.4 is 29.4 Å². The Labute approximate surface area is 831 Å². The Bertz CT molecular complexity index is 7790. The van der Waals surface area contributed by atoms with Crippen LogP contribution in [-0.2, 0) is 0 Å². The van der Waals surface area contributed by atoms with Crippen LogP contribution in [0.2, 0.25) is 0 Å². The Morgan fingerprint density at radius 1 is 0.0915 bits per heavy atom. The lowest BCUT2D eigenvalue weighted by atomic mass is 9.91. The van der Waals surface area contributed by atoms with Gasteiger partial charge in [0.15, 0.2) is 0 Å². The van der Waals surface area contributed by atoms with E-state index in [9.17, 15) is 0 Å². The average molecular weight is 1820 g/mol. The van der Waals surface area contributed by atoms with Crippen molar-refractivity contribution in [2.75, 3.05) is 29.4 Å². The molecule has 0 bridgehead atoms. The molecule has 0 aliphatic heterocycles. The summed E-state index contributed by atoms with van der Waals surface area (Å²) in [5, 5.41) is 9.80. The Kier molecular flexibility index (Phi) is 26.0. The van der Waals surface area contributed by atoms with E-state index >= 15 is 0 Å². The Morgan fingerprint density at radius 3 is 0.641 bits per heavy atom. The van der Waals surface area contributed by atoms with E-state index in [0.717, 1.165) is 108 Å². The maximum atomic E-state index is 2.37. The molecule has 24 rings (SSSR count). The Morgan fingerprint density at radius 2 is 0.317 bits per heavy atom. The normalized spacial score (nSPS) is 11.0. The molecule has 6 nitrogen and oxygen atoms in total. The van der Waals surface area contributed by atoms with Crippen molar-refractivity contribution in [1.82, 2.24) is 0 Å². The summed E-state index contributed by atoms with van der Waals surface area (Å²) in [6.07, 6.45) is 0. The van der Waals surface area contributed by atoms with E-state index in [4.69, 9.17) is 0 Å². The zero-order valence-electron chi connectivity index (χ0n) is 78.4. The van der Waals surface area contributed by atoms with Gasteiger partial charge in [-0.2, -0.15) is 0 Å². The monoisotopic (exact) mass is 1820 g/mol. The number of rotatable bonds is 23. The number of hydrogen-bond donors (Lipinski definition) is 0. The minimum absolute atomic E-state index is 1.11. The van der Waals surface area contributed by atoms with Gasteiger partial charge in [0.05, 0.1) is 5.69 Å². The summed E-state index contributed by atoms with van der Waals surface area (Å²) in [6.45, 7) is 0. The van der Waals surface area contributed by atoms with E-state index in [1.54, 1.807) is 0 Å². The van der Waals surface area contributed by atoms with Crippen LogP contribution in [0.15, 0.2) is 607 Å². The molecule has 0 atom stereocenters. The molecule has 0 fully saturated rings. The highest BCUT2D eigenvalue weighted by atomic mass is 15.2. The summed E-state index contributed by atoms with van der Waals surface area (Å²) in [5.41, 5.74) is 32.2. The smallest absolute Gasteiger partial charge is 0.0540 e. The highest BCUT2D eigenvalue weighted by Crippen LogP contribution is 2.49. The van der Waals surface area contributed by atoms with Gasteiger partial charge < -0.3 is 29.4 Å². The summed E-state index contributed by atoms with van der Waals surface area (Å²) < 4.78 is 0. The molecule has 0 N–H and O–H groups in total. The van der Waals surface area contributed by atoms with Crippen molar-refractivity contribution >= 4 is 145 Å². The molecule has 142 heavy (non-hydrogen) atoms. The molecule has 0 aromatic heterocycles. The number of para-hydroxylation sites is 11. The van der Waals surface area contributed by atoms with Crippen molar-refractivity contribution in [2.45, 2.75) is 0 Å². The Hall–Kier alpha value is -18.9. The van der Waals surface area contributed by atoms with Gasteiger partial charge >= 0.3 is 0 Å². The molecule has 0 aliphatic carbocycles. The van der Waals surface area contributed by atoms with Crippen LogP contribution in [0.3, 0.4) is 0 Å². The predicted molar refractivity (Wildman–Crippen MR) is 605 cm³/mol. The fourth-order valence-corrected chi connectivity index (χ4v) is 19.6. The molecule has 0 radical (unpaired) electrons. The third-order valence-corrected chi connectivity index (χ3v) is 26.2. The lowest BCUT2D eigenvalue weighted by molar-refractivity contribution is 1.28. The van der Waals surface area contributed by atoms with Crippen molar-refractivity contribution in [2.24, 2.45) is 0 Å². The molecular formula is C136H100N6. The van der Waals surface area contributed by atoms with Gasteiger partial charge in [-0.25, -0.2) is 0 Å². The summed E-state index contributed by atoms with van der Waals surface area (Å²) in [6, 6.07) is 216. The van der Waals surface area contributed by atoms with E-state index < -0.39 is 0 Å². The minimum atomic E-state index is 1.11. The van der Waals surface area contributed by atoms with Gasteiger partial charge in [0, 0.05) is 102 Å². The standard InChI is InChI=1S/2C46H34N2.C44H32N2/c1-5-15-37(16-6-1)47(38-17-7-2-8-18-38)41-31-27-35(28-32-41)43-23-13-26-46-44(24-14-25-45(43)46)36-29-33-42(34-30-36)48(39-19-9-3-10-20-39)40-21-11-4-12-22-40;1-5-17-39(18-6-1)47(40-19-7-2-8-20-40)43-29-25-35(26-30-43)45-33-37-15-13-14-16-38(37)34-46(45)36-27-31-44(32-28-36)48(41-21-9-3-10-22-41)42-23-11-4-12-24-42;1-4-20-36(21-5-1)45(37-22-6-2-7-23-37)40-31-34-17-11-12-27-41(34)43(32-40)35-19-14-26-39(30-35)46(38-24-8-3-9-25-38)44-29-15-18-33-16-10-13-28-42(33)44/h2*1-34H;1-32H. The van der Waals surface area contributed by atoms with Crippen molar-refractivity contribution in [3.8, 4) is 55.6 Å². The van der Waals surface area contributed by atoms with Gasteiger partial charge in [0.25, 0.3) is 0 Å². The number of nitrogens with zero attached hydrogens (tertiary/aromatic N) is 6. The molecule has 0 amide bonds. The van der Waals surface area contributed by atoms with Gasteiger partial charge in [-0.05, 0) is 318 Å². The molecule has 0 saturated heterocycles. The van der Waals surface area contributed by atoms with Gasteiger partial charge in [0.1, 0.15) is 0 Å². The van der Waals surface area contributed by atoms with Gasteiger partial charge in [-0.3, -0.25) is 0 Å². The summed E-state index contributed by atoms with van der Waals surface area (Å²) in [4.78, 5) is 13.9. The van der Waals surface area contributed by atoms with Crippen molar-refractivity contribution in [3.05, 3.63) is 607 Å². The molecule has 6 heteroatoms. The molecule has 0 heterocycles. The fourth-order valence-electron chi connectivity index (χ4n) is 19.6. The first-order valence-electron chi connectivity index (χ1n) is 48.4. The van der Waals surface area contributed by atoms with E-state index in [0.29, 0.717) is 0 Å². The third-order valence-electron chi connectivity index (χ3n) is 26.2. The first kappa shape index (κ1) is 88.4. The van der Waals surface area contributed by atoms with Gasteiger partial charge in [0.2, 0.25) is 0 Å². The quantitative estimate of drug-likeness (QED) is 0.0631. The second kappa shape index (κ2) is 41.8. The van der Waals surface area contributed by atoms with E-state index in [-0.39, 0.29) is 0 Å². The number of benzene rings is 24. The highest BCUT2D eigenvalue weighted by Gasteiger charge is 2.24. The Balaban J connectivity index is 0.000000122. The van der Waals surface area contributed by atoms with Crippen LogP contribution in [0.4, 0.5) is 102 Å². The van der Waals surface area contributed by atoms with Crippen molar-refractivity contribution < 1.29 is 0 Å². The summed E-state index contributed by atoms with van der Waals surface area (Å²) >= 11 is 0. The minimum Gasteiger partial charge on any atom is -0.311 e. The maximum Gasteiger partial charge on any atom is 0.0540 e. The molecule has 0 unspecified atom stereocenters. The first-order valence-corrected chi connectivity index (χ1v) is 48.4. The predicted octanol–water partition coefficient (Wildman–Crippen LogP) is 38.8. The zero-order chi connectivity index (χ0) is 95.0. The molecule has 24 aromatic carbocycles. The lowest BCUT2D eigenvalue weighted by Gasteiger charge is -2.28. The molecule has 0 saturated carbocycles. The van der Waals surface area contributed by atoms with Crippen LogP contribution in [0, 0.1) is 0 Å². The van der Waals surface area contributed by atoms with E-state index in [1.807, 2.05) is 0 Å². The zero-order valence-corrected chi connectivity index (χ0v) is 78.4. The molecular weight excluding hydrogens is 1720 g/mol. The summed E-state index contributed by atoms with van der Waals surface area (Å²) in [5.74, 6) is 0. The van der Waals surface area contributed by atoms with E-state index in [2.05, 4.69) is 636 Å². The van der Waals surface area contributed by atoms with E-state index in [1.165, 1.54) is 93.2 Å². The van der Waals surface area contributed by atoms with Crippen molar-refractivity contribution in [1.29, 1.82) is 0 Å². The lowest BCUT2D eigenvalue weighted by Crippen LogP contribution is -2.11. The fraction of sp³-hybridized carbons (Fsp3) is 0. The van der Waals surface area contributed by atoms with Gasteiger partial charge in [-0.1, -0.05) is 382 Å².